The molecule has 0 aliphatic carbocycles. The van der Waals surface area contributed by atoms with Gasteiger partial charge in [0, 0.05) is 24.2 Å². The number of halogens is 1. The van der Waals surface area contributed by atoms with Crippen LogP contribution in [0.1, 0.15) is 16.8 Å². The Bertz CT molecular complexity index is 778. The highest BCUT2D eigenvalue weighted by Crippen LogP contribution is 2.22. The number of hydrogen-bond donors (Lipinski definition) is 1. The van der Waals surface area contributed by atoms with Crippen LogP contribution < -0.4 is 15.0 Å². The number of ether oxygens (including phenoxy) is 1. The molecule has 24 heavy (non-hydrogen) atoms. The summed E-state index contributed by atoms with van der Waals surface area (Å²) in [4.78, 5) is 25.9. The summed E-state index contributed by atoms with van der Waals surface area (Å²) in [5, 5.41) is 2.84. The average molecular weight is 328 g/mol. The zero-order valence-corrected chi connectivity index (χ0v) is 13.2. The SMILES string of the molecule is COc1cccc(C(=O)N[C@@H]2CC(=O)N(c3cccc(F)c3)C2)c1. The van der Waals surface area contributed by atoms with Gasteiger partial charge in [-0.2, -0.15) is 0 Å². The third kappa shape index (κ3) is 3.37. The van der Waals surface area contributed by atoms with Gasteiger partial charge in [0.05, 0.1) is 13.2 Å². The first kappa shape index (κ1) is 16.0. The van der Waals surface area contributed by atoms with E-state index in [4.69, 9.17) is 4.74 Å². The molecule has 3 rings (SSSR count). The minimum atomic E-state index is -0.399. The molecule has 0 saturated carbocycles. The molecule has 1 N–H and O–H groups in total. The van der Waals surface area contributed by atoms with Gasteiger partial charge in [-0.25, -0.2) is 4.39 Å². The number of amides is 2. The number of carbonyl (C=O) groups excluding carboxylic acids is 2. The standard InChI is InChI=1S/C18H17FN2O3/c1-24-16-7-2-4-12(8-16)18(23)20-14-10-17(22)21(11-14)15-6-3-5-13(19)9-15/h2-9,14H,10-11H2,1H3,(H,20,23)/t14-/m1/s1. The molecule has 5 nitrogen and oxygen atoms in total. The number of rotatable bonds is 4. The maximum Gasteiger partial charge on any atom is 0.251 e. The van der Waals surface area contributed by atoms with Crippen molar-refractivity contribution in [3.05, 3.63) is 59.9 Å². The van der Waals surface area contributed by atoms with E-state index in [1.54, 1.807) is 36.4 Å². The summed E-state index contributed by atoms with van der Waals surface area (Å²) in [5.41, 5.74) is 0.962. The van der Waals surface area contributed by atoms with Gasteiger partial charge in [0.2, 0.25) is 5.91 Å². The third-order valence-corrected chi connectivity index (χ3v) is 3.91. The lowest BCUT2D eigenvalue weighted by Gasteiger charge is -2.17. The van der Waals surface area contributed by atoms with Crippen LogP contribution in [-0.4, -0.2) is 31.5 Å². The third-order valence-electron chi connectivity index (χ3n) is 3.91. The van der Waals surface area contributed by atoms with Crippen molar-refractivity contribution in [2.75, 3.05) is 18.6 Å². The lowest BCUT2D eigenvalue weighted by atomic mass is 10.1. The first-order valence-electron chi connectivity index (χ1n) is 7.57. The summed E-state index contributed by atoms with van der Waals surface area (Å²) in [6, 6.07) is 12.3. The minimum absolute atomic E-state index is 0.142. The average Bonchev–Trinajstić information content (AvgIpc) is 2.95. The predicted molar refractivity (Wildman–Crippen MR) is 87.6 cm³/mol. The molecule has 1 fully saturated rings. The molecule has 124 valence electrons. The Kier molecular flexibility index (Phi) is 4.46. The fourth-order valence-corrected chi connectivity index (χ4v) is 2.73. The van der Waals surface area contributed by atoms with Crippen LogP contribution in [0.4, 0.5) is 10.1 Å². The van der Waals surface area contributed by atoms with Gasteiger partial charge >= 0.3 is 0 Å². The molecule has 1 atom stereocenters. The molecule has 0 radical (unpaired) electrons. The maximum absolute atomic E-state index is 13.3. The van der Waals surface area contributed by atoms with Crippen LogP contribution >= 0.6 is 0 Å². The van der Waals surface area contributed by atoms with E-state index in [1.807, 2.05) is 0 Å². The Hall–Kier alpha value is -2.89. The second-order valence-electron chi connectivity index (χ2n) is 5.59. The Balaban J connectivity index is 1.68. The summed E-state index contributed by atoms with van der Waals surface area (Å²) in [7, 11) is 1.53. The Morgan fingerprint density at radius 1 is 1.25 bits per heavy atom. The first-order valence-corrected chi connectivity index (χ1v) is 7.57. The second-order valence-corrected chi connectivity index (χ2v) is 5.59. The number of nitrogens with one attached hydrogen (secondary N) is 1. The Morgan fingerprint density at radius 3 is 2.79 bits per heavy atom. The smallest absolute Gasteiger partial charge is 0.251 e. The number of benzene rings is 2. The van der Waals surface area contributed by atoms with Crippen LogP contribution in [0.15, 0.2) is 48.5 Å². The van der Waals surface area contributed by atoms with Crippen molar-refractivity contribution < 1.29 is 18.7 Å². The lowest BCUT2D eigenvalue weighted by Crippen LogP contribution is -2.37. The van der Waals surface area contributed by atoms with Crippen molar-refractivity contribution in [3.8, 4) is 5.75 Å². The van der Waals surface area contributed by atoms with E-state index >= 15 is 0 Å². The maximum atomic E-state index is 13.3. The Morgan fingerprint density at radius 2 is 2.04 bits per heavy atom. The number of methoxy groups -OCH3 is 1. The van der Waals surface area contributed by atoms with Gasteiger partial charge in [-0.1, -0.05) is 12.1 Å². The van der Waals surface area contributed by atoms with Crippen LogP contribution in [0.2, 0.25) is 0 Å². The number of hydrogen-bond acceptors (Lipinski definition) is 3. The van der Waals surface area contributed by atoms with Gasteiger partial charge in [-0.15, -0.1) is 0 Å². The molecule has 1 heterocycles. The monoisotopic (exact) mass is 328 g/mol. The zero-order valence-electron chi connectivity index (χ0n) is 13.2. The van der Waals surface area contributed by atoms with Gasteiger partial charge < -0.3 is 15.0 Å². The Labute approximate surface area is 139 Å². The van der Waals surface area contributed by atoms with Gasteiger partial charge in [0.25, 0.3) is 5.91 Å². The molecule has 6 heteroatoms. The molecule has 2 amide bonds. The van der Waals surface area contributed by atoms with Crippen molar-refractivity contribution in [1.82, 2.24) is 5.32 Å². The van der Waals surface area contributed by atoms with Gasteiger partial charge in [-0.05, 0) is 36.4 Å². The van der Waals surface area contributed by atoms with Crippen LogP contribution in [0, 0.1) is 5.82 Å². The van der Waals surface area contributed by atoms with Crippen LogP contribution in [0.5, 0.6) is 5.75 Å². The van der Waals surface area contributed by atoms with Gasteiger partial charge in [0.15, 0.2) is 0 Å². The molecule has 1 aliphatic heterocycles. The van der Waals surface area contributed by atoms with Crippen molar-refractivity contribution in [2.45, 2.75) is 12.5 Å². The summed E-state index contributed by atoms with van der Waals surface area (Å²) in [6.07, 6.45) is 0.187. The van der Waals surface area contributed by atoms with Gasteiger partial charge in [-0.3, -0.25) is 9.59 Å². The predicted octanol–water partition coefficient (Wildman–Crippen LogP) is 2.37. The molecule has 2 aromatic carbocycles. The minimum Gasteiger partial charge on any atom is -0.497 e. The van der Waals surface area contributed by atoms with E-state index in [0.717, 1.165) is 0 Å². The van der Waals surface area contributed by atoms with E-state index in [9.17, 15) is 14.0 Å². The van der Waals surface area contributed by atoms with Crippen molar-refractivity contribution in [2.24, 2.45) is 0 Å². The number of nitrogens with zero attached hydrogens (tertiary/aromatic N) is 1. The van der Waals surface area contributed by atoms with E-state index in [0.29, 0.717) is 23.5 Å². The molecule has 0 spiro atoms. The summed E-state index contributed by atoms with van der Waals surface area (Å²) < 4.78 is 18.4. The van der Waals surface area contributed by atoms with E-state index in [1.165, 1.54) is 24.1 Å². The quantitative estimate of drug-likeness (QED) is 0.937. The molecular formula is C18H17FN2O3. The van der Waals surface area contributed by atoms with Crippen molar-refractivity contribution in [1.29, 1.82) is 0 Å². The highest BCUT2D eigenvalue weighted by Gasteiger charge is 2.31. The molecule has 0 aromatic heterocycles. The first-order chi connectivity index (χ1) is 11.6. The van der Waals surface area contributed by atoms with Crippen LogP contribution in [0.25, 0.3) is 0 Å². The molecule has 1 aliphatic rings. The van der Waals surface area contributed by atoms with Crippen LogP contribution in [0.3, 0.4) is 0 Å². The van der Waals surface area contributed by atoms with Gasteiger partial charge in [0.1, 0.15) is 11.6 Å². The second kappa shape index (κ2) is 6.70. The van der Waals surface area contributed by atoms with Crippen molar-refractivity contribution >= 4 is 17.5 Å². The fraction of sp³-hybridized carbons (Fsp3) is 0.222. The van der Waals surface area contributed by atoms with Crippen LogP contribution in [-0.2, 0) is 4.79 Å². The highest BCUT2D eigenvalue weighted by atomic mass is 19.1. The highest BCUT2D eigenvalue weighted by molar-refractivity contribution is 5.99. The molecule has 2 aromatic rings. The van der Waals surface area contributed by atoms with Crippen molar-refractivity contribution in [3.63, 3.8) is 0 Å². The molecule has 0 unspecified atom stereocenters. The normalized spacial score (nSPS) is 17.0. The topological polar surface area (TPSA) is 58.6 Å². The number of carbonyl (C=O) groups is 2. The van der Waals surface area contributed by atoms with E-state index < -0.39 is 5.82 Å². The van der Waals surface area contributed by atoms with E-state index in [2.05, 4.69) is 5.32 Å². The summed E-state index contributed by atoms with van der Waals surface area (Å²) >= 11 is 0. The number of anilines is 1. The van der Waals surface area contributed by atoms with E-state index in [-0.39, 0.29) is 24.3 Å². The molecular weight excluding hydrogens is 311 g/mol. The lowest BCUT2D eigenvalue weighted by molar-refractivity contribution is -0.117. The summed E-state index contributed by atoms with van der Waals surface area (Å²) in [5.74, 6) is -0.222. The molecule has 0 bridgehead atoms. The zero-order chi connectivity index (χ0) is 17.1. The fourth-order valence-electron chi connectivity index (χ4n) is 2.73. The molecule has 1 saturated heterocycles. The summed E-state index contributed by atoms with van der Waals surface area (Å²) in [6.45, 7) is 0.317. The largest absolute Gasteiger partial charge is 0.497 e.